The molecule has 1 unspecified atom stereocenters. The molecule has 0 aliphatic carbocycles. The molecule has 0 fully saturated rings. The van der Waals surface area contributed by atoms with Gasteiger partial charge in [-0.3, -0.25) is 19.3 Å². The molecule has 0 aromatic heterocycles. The number of Topliss-reactive ketones (excluding diaryl/α,β-unsaturated/α-hetero) is 1. The Hall–Kier alpha value is -3.41. The monoisotopic (exact) mass is 434 g/mol. The largest absolute Gasteiger partial charge is 0.503 e. The molecule has 2 N–H and O–H groups in total. The van der Waals surface area contributed by atoms with Gasteiger partial charge in [0, 0.05) is 24.2 Å². The highest BCUT2D eigenvalue weighted by atomic mass is 16.3. The minimum atomic E-state index is -0.765. The van der Waals surface area contributed by atoms with Crippen molar-refractivity contribution in [2.75, 3.05) is 10.2 Å². The summed E-state index contributed by atoms with van der Waals surface area (Å²) in [4.78, 5) is 39.1. The fourth-order valence-electron chi connectivity index (χ4n) is 3.85. The Kier molecular flexibility index (Phi) is 6.26. The summed E-state index contributed by atoms with van der Waals surface area (Å²) in [6.07, 6.45) is 0. The summed E-state index contributed by atoms with van der Waals surface area (Å²) in [5.41, 5.74) is 2.89. The van der Waals surface area contributed by atoms with Crippen molar-refractivity contribution in [1.29, 1.82) is 0 Å². The van der Waals surface area contributed by atoms with E-state index in [1.165, 1.54) is 11.8 Å². The summed E-state index contributed by atoms with van der Waals surface area (Å²) >= 11 is 0. The van der Waals surface area contributed by atoms with Crippen LogP contribution in [0.25, 0.3) is 0 Å². The van der Waals surface area contributed by atoms with E-state index in [-0.39, 0.29) is 28.6 Å². The molecule has 1 aliphatic rings. The SMILES string of the molecule is CC(=O)Nc1cccc(N2C(=O)C(O)=C(C(=O)C(C)C)C2c2ccc(C(C)(C)C)cc2)c1. The predicted molar refractivity (Wildman–Crippen MR) is 126 cm³/mol. The van der Waals surface area contributed by atoms with Crippen molar-refractivity contribution in [2.45, 2.75) is 53.0 Å². The highest BCUT2D eigenvalue weighted by molar-refractivity contribution is 6.17. The Balaban J connectivity index is 2.15. The molecule has 1 heterocycles. The average molecular weight is 435 g/mol. The Morgan fingerprint density at radius 1 is 1.06 bits per heavy atom. The normalized spacial score (nSPS) is 16.7. The molecule has 2 aromatic carbocycles. The summed E-state index contributed by atoms with van der Waals surface area (Å²) < 4.78 is 0. The van der Waals surface area contributed by atoms with Gasteiger partial charge in [0.15, 0.2) is 11.5 Å². The minimum Gasteiger partial charge on any atom is -0.503 e. The molecule has 3 rings (SSSR count). The molecule has 0 saturated carbocycles. The van der Waals surface area contributed by atoms with Crippen LogP contribution in [-0.2, 0) is 19.8 Å². The Morgan fingerprint density at radius 2 is 1.69 bits per heavy atom. The van der Waals surface area contributed by atoms with Gasteiger partial charge in [-0.05, 0) is 34.7 Å². The highest BCUT2D eigenvalue weighted by Crippen LogP contribution is 2.42. The molecule has 1 aliphatic heterocycles. The number of carbonyl (C=O) groups excluding carboxylic acids is 3. The first-order valence-corrected chi connectivity index (χ1v) is 10.7. The van der Waals surface area contributed by atoms with E-state index in [9.17, 15) is 19.5 Å². The molecule has 0 spiro atoms. The quantitative estimate of drug-likeness (QED) is 0.688. The van der Waals surface area contributed by atoms with Crippen molar-refractivity contribution < 1.29 is 19.5 Å². The second-order valence-electron chi connectivity index (χ2n) is 9.46. The number of ketones is 1. The fraction of sp³-hybridized carbons (Fsp3) is 0.346. The number of rotatable bonds is 5. The number of hydrogen-bond acceptors (Lipinski definition) is 4. The molecule has 2 amide bonds. The predicted octanol–water partition coefficient (Wildman–Crippen LogP) is 5.07. The summed E-state index contributed by atoms with van der Waals surface area (Å²) in [5.74, 6) is -2.07. The lowest BCUT2D eigenvalue weighted by molar-refractivity contribution is -0.119. The first kappa shape index (κ1) is 23.3. The lowest BCUT2D eigenvalue weighted by Gasteiger charge is -2.28. The summed E-state index contributed by atoms with van der Waals surface area (Å²) in [6.45, 7) is 11.2. The molecule has 0 bridgehead atoms. The van der Waals surface area contributed by atoms with Gasteiger partial charge in [0.2, 0.25) is 5.91 Å². The van der Waals surface area contributed by atoms with Gasteiger partial charge in [-0.15, -0.1) is 0 Å². The van der Waals surface area contributed by atoms with Crippen LogP contribution in [0.15, 0.2) is 59.9 Å². The van der Waals surface area contributed by atoms with E-state index in [1.807, 2.05) is 24.3 Å². The third kappa shape index (κ3) is 4.44. The van der Waals surface area contributed by atoms with E-state index in [1.54, 1.807) is 38.1 Å². The van der Waals surface area contributed by atoms with Crippen molar-refractivity contribution in [3.8, 4) is 0 Å². The molecule has 168 valence electrons. The van der Waals surface area contributed by atoms with E-state index >= 15 is 0 Å². The van der Waals surface area contributed by atoms with Crippen LogP contribution >= 0.6 is 0 Å². The van der Waals surface area contributed by atoms with E-state index in [0.29, 0.717) is 11.4 Å². The maximum atomic E-state index is 13.2. The Morgan fingerprint density at radius 3 is 2.22 bits per heavy atom. The molecule has 32 heavy (non-hydrogen) atoms. The molecule has 2 aromatic rings. The molecular weight excluding hydrogens is 404 g/mol. The second kappa shape index (κ2) is 8.61. The van der Waals surface area contributed by atoms with Gasteiger partial charge in [-0.1, -0.05) is 65.0 Å². The molecule has 6 heteroatoms. The number of hydrogen-bond donors (Lipinski definition) is 2. The van der Waals surface area contributed by atoms with Gasteiger partial charge in [-0.2, -0.15) is 0 Å². The van der Waals surface area contributed by atoms with Crippen molar-refractivity contribution in [1.82, 2.24) is 0 Å². The Labute approximate surface area is 188 Å². The number of anilines is 2. The first-order valence-electron chi connectivity index (χ1n) is 10.7. The van der Waals surface area contributed by atoms with Gasteiger partial charge < -0.3 is 10.4 Å². The summed E-state index contributed by atoms with van der Waals surface area (Å²) in [5, 5.41) is 13.4. The molecule has 1 atom stereocenters. The van der Waals surface area contributed by atoms with Crippen LogP contribution in [0.5, 0.6) is 0 Å². The second-order valence-corrected chi connectivity index (χ2v) is 9.46. The van der Waals surface area contributed by atoms with E-state index in [0.717, 1.165) is 11.1 Å². The molecular formula is C26H30N2O4. The van der Waals surface area contributed by atoms with Crippen molar-refractivity contribution in [3.63, 3.8) is 0 Å². The number of benzene rings is 2. The third-order valence-electron chi connectivity index (χ3n) is 5.54. The molecule has 0 saturated heterocycles. The van der Waals surface area contributed by atoms with Crippen LogP contribution in [0.4, 0.5) is 11.4 Å². The van der Waals surface area contributed by atoms with Crippen molar-refractivity contribution >= 4 is 29.0 Å². The fourth-order valence-corrected chi connectivity index (χ4v) is 3.85. The zero-order valence-corrected chi connectivity index (χ0v) is 19.4. The van der Waals surface area contributed by atoms with Crippen LogP contribution in [0.2, 0.25) is 0 Å². The molecule has 6 nitrogen and oxygen atoms in total. The van der Waals surface area contributed by atoms with E-state index < -0.39 is 17.7 Å². The number of aliphatic hydroxyl groups excluding tert-OH is 1. The van der Waals surface area contributed by atoms with Crippen LogP contribution in [0.3, 0.4) is 0 Å². The lowest BCUT2D eigenvalue weighted by Crippen LogP contribution is -2.31. The van der Waals surface area contributed by atoms with E-state index in [2.05, 4.69) is 26.1 Å². The van der Waals surface area contributed by atoms with Gasteiger partial charge in [-0.25, -0.2) is 0 Å². The summed E-state index contributed by atoms with van der Waals surface area (Å²) in [6, 6.07) is 13.8. The number of nitrogens with one attached hydrogen (secondary N) is 1. The highest BCUT2D eigenvalue weighted by Gasteiger charge is 2.44. The standard InChI is InChI=1S/C26H30N2O4/c1-15(2)23(30)21-22(17-10-12-18(13-11-17)26(4,5)6)28(25(32)24(21)31)20-9-7-8-19(14-20)27-16(3)29/h7-15,22,31H,1-6H3,(H,27,29). The van der Waals surface area contributed by atoms with Crippen LogP contribution in [0, 0.1) is 5.92 Å². The van der Waals surface area contributed by atoms with Crippen LogP contribution in [-0.4, -0.2) is 22.7 Å². The number of aliphatic hydroxyl groups is 1. The maximum Gasteiger partial charge on any atom is 0.294 e. The van der Waals surface area contributed by atoms with Gasteiger partial charge >= 0.3 is 0 Å². The zero-order chi connectivity index (χ0) is 23.8. The first-order chi connectivity index (χ1) is 14.9. The maximum absolute atomic E-state index is 13.2. The van der Waals surface area contributed by atoms with Crippen LogP contribution in [0.1, 0.15) is 58.7 Å². The summed E-state index contributed by atoms with van der Waals surface area (Å²) in [7, 11) is 0. The smallest absolute Gasteiger partial charge is 0.294 e. The number of nitrogens with zero attached hydrogens (tertiary/aromatic N) is 1. The lowest BCUT2D eigenvalue weighted by atomic mass is 9.85. The van der Waals surface area contributed by atoms with E-state index in [4.69, 9.17) is 0 Å². The van der Waals surface area contributed by atoms with Gasteiger partial charge in [0.05, 0.1) is 11.6 Å². The zero-order valence-electron chi connectivity index (χ0n) is 19.4. The van der Waals surface area contributed by atoms with Crippen molar-refractivity contribution in [3.05, 3.63) is 71.0 Å². The van der Waals surface area contributed by atoms with Gasteiger partial charge in [0.25, 0.3) is 5.91 Å². The Bertz CT molecular complexity index is 1090. The van der Waals surface area contributed by atoms with Gasteiger partial charge in [0.1, 0.15) is 0 Å². The van der Waals surface area contributed by atoms with Crippen molar-refractivity contribution in [2.24, 2.45) is 5.92 Å². The number of carbonyl (C=O) groups is 3. The van der Waals surface area contributed by atoms with Crippen LogP contribution < -0.4 is 10.2 Å². The number of amides is 2. The average Bonchev–Trinajstić information content (AvgIpc) is 2.97. The molecule has 0 radical (unpaired) electrons. The third-order valence-corrected chi connectivity index (χ3v) is 5.54. The topological polar surface area (TPSA) is 86.7 Å². The minimum absolute atomic E-state index is 0.0506.